The number of nitrogens with one attached hydrogen (secondary N) is 1. The lowest BCUT2D eigenvalue weighted by atomic mass is 10.1. The molecular weight excluding hydrogens is 450 g/mol. The monoisotopic (exact) mass is 487 g/mol. The van der Waals surface area contributed by atoms with E-state index >= 15 is 0 Å². The van der Waals surface area contributed by atoms with E-state index in [1.54, 1.807) is 19.1 Å². The Kier molecular flexibility index (Phi) is 9.67. The molecular formula is C26H37N3O4S. The number of anilines is 1. The fourth-order valence-corrected chi connectivity index (χ4v) is 4.67. The molecule has 1 atom stereocenters. The average molecular weight is 488 g/mol. The van der Waals surface area contributed by atoms with Crippen molar-refractivity contribution in [2.75, 3.05) is 23.7 Å². The van der Waals surface area contributed by atoms with Gasteiger partial charge in [-0.3, -0.25) is 13.9 Å². The molecule has 2 amide bonds. The van der Waals surface area contributed by atoms with Gasteiger partial charge in [0, 0.05) is 13.1 Å². The van der Waals surface area contributed by atoms with Gasteiger partial charge < -0.3 is 10.2 Å². The third-order valence-corrected chi connectivity index (χ3v) is 6.75. The summed E-state index contributed by atoms with van der Waals surface area (Å²) in [7, 11) is -3.74. The van der Waals surface area contributed by atoms with Crippen molar-refractivity contribution in [2.24, 2.45) is 0 Å². The van der Waals surface area contributed by atoms with Crippen LogP contribution in [0.4, 0.5) is 5.69 Å². The number of carbonyl (C=O) groups excluding carboxylic acids is 2. The quantitative estimate of drug-likeness (QED) is 0.490. The highest BCUT2D eigenvalue weighted by atomic mass is 32.2. The molecule has 0 unspecified atom stereocenters. The molecule has 8 heteroatoms. The Labute approximate surface area is 204 Å². The highest BCUT2D eigenvalue weighted by Gasteiger charge is 2.30. The summed E-state index contributed by atoms with van der Waals surface area (Å²) in [4.78, 5) is 27.8. The molecule has 0 fully saturated rings. The fourth-order valence-electron chi connectivity index (χ4n) is 3.83. The number of sulfonamides is 1. The lowest BCUT2D eigenvalue weighted by molar-refractivity contribution is -0.139. The predicted molar refractivity (Wildman–Crippen MR) is 137 cm³/mol. The molecule has 0 aliphatic rings. The minimum Gasteiger partial charge on any atom is -0.354 e. The molecule has 0 bridgehead atoms. The fraction of sp³-hybridized carbons (Fsp3) is 0.462. The van der Waals surface area contributed by atoms with Crippen molar-refractivity contribution < 1.29 is 18.0 Å². The Bertz CT molecular complexity index is 1090. The molecule has 0 saturated carbocycles. The van der Waals surface area contributed by atoms with Crippen LogP contribution in [0.1, 0.15) is 48.9 Å². The molecule has 0 saturated heterocycles. The van der Waals surface area contributed by atoms with Crippen molar-refractivity contribution in [3.63, 3.8) is 0 Å². The maximum absolute atomic E-state index is 13.5. The topological polar surface area (TPSA) is 86.8 Å². The Morgan fingerprint density at radius 3 is 2.21 bits per heavy atom. The van der Waals surface area contributed by atoms with Crippen LogP contribution < -0.4 is 9.62 Å². The third-order valence-electron chi connectivity index (χ3n) is 5.61. The van der Waals surface area contributed by atoms with Gasteiger partial charge >= 0.3 is 0 Å². The molecule has 0 aliphatic heterocycles. The van der Waals surface area contributed by atoms with Crippen molar-refractivity contribution in [3.05, 3.63) is 64.7 Å². The summed E-state index contributed by atoms with van der Waals surface area (Å²) in [6.07, 6.45) is 2.88. The summed E-state index contributed by atoms with van der Waals surface area (Å²) in [5, 5.41) is 2.88. The van der Waals surface area contributed by atoms with E-state index in [4.69, 9.17) is 0 Å². The van der Waals surface area contributed by atoms with Crippen molar-refractivity contribution in [3.8, 4) is 0 Å². The number of hydrogen-bond acceptors (Lipinski definition) is 4. The number of carbonyl (C=O) groups is 2. The lowest BCUT2D eigenvalue weighted by Crippen LogP contribution is -2.51. The van der Waals surface area contributed by atoms with Crippen molar-refractivity contribution >= 4 is 27.5 Å². The van der Waals surface area contributed by atoms with Gasteiger partial charge in [-0.25, -0.2) is 8.42 Å². The summed E-state index contributed by atoms with van der Waals surface area (Å²) in [6.45, 7) is 9.78. The zero-order chi connectivity index (χ0) is 25.5. The Hall–Kier alpha value is -2.87. The summed E-state index contributed by atoms with van der Waals surface area (Å²) in [5.41, 5.74) is 4.15. The first-order valence-electron chi connectivity index (χ1n) is 11.6. The number of benzene rings is 2. The Balaban J connectivity index is 2.38. The highest BCUT2D eigenvalue weighted by molar-refractivity contribution is 7.92. The lowest BCUT2D eigenvalue weighted by Gasteiger charge is -2.31. The van der Waals surface area contributed by atoms with Crippen LogP contribution in [-0.4, -0.2) is 50.5 Å². The third kappa shape index (κ3) is 7.87. The van der Waals surface area contributed by atoms with E-state index in [9.17, 15) is 18.0 Å². The molecule has 2 aromatic carbocycles. The number of nitrogens with zero attached hydrogens (tertiary/aromatic N) is 2. The summed E-state index contributed by atoms with van der Waals surface area (Å²) in [5.74, 6) is -0.698. The normalized spacial score (nSPS) is 12.2. The average Bonchev–Trinajstić information content (AvgIpc) is 2.73. The van der Waals surface area contributed by atoms with E-state index in [2.05, 4.69) is 5.32 Å². The van der Waals surface area contributed by atoms with Gasteiger partial charge in [0.25, 0.3) is 0 Å². The smallest absolute Gasteiger partial charge is 0.244 e. The number of aryl methyl sites for hydroxylation is 3. The first kappa shape index (κ1) is 27.4. The summed E-state index contributed by atoms with van der Waals surface area (Å²) >= 11 is 0. The van der Waals surface area contributed by atoms with Gasteiger partial charge in [-0.1, -0.05) is 49.2 Å². The molecule has 0 spiro atoms. The first-order valence-corrected chi connectivity index (χ1v) is 13.5. The van der Waals surface area contributed by atoms with Crippen LogP contribution in [0.3, 0.4) is 0 Å². The predicted octanol–water partition coefficient (Wildman–Crippen LogP) is 3.71. The molecule has 34 heavy (non-hydrogen) atoms. The second kappa shape index (κ2) is 12.0. The molecule has 0 radical (unpaired) electrons. The van der Waals surface area contributed by atoms with Crippen LogP contribution in [-0.2, 0) is 26.2 Å². The minimum atomic E-state index is -3.74. The van der Waals surface area contributed by atoms with Crippen LogP contribution in [0, 0.1) is 20.8 Å². The maximum Gasteiger partial charge on any atom is 0.244 e. The van der Waals surface area contributed by atoms with Gasteiger partial charge in [-0.05, 0) is 62.9 Å². The summed E-state index contributed by atoms with van der Waals surface area (Å²) in [6, 6.07) is 12.4. The van der Waals surface area contributed by atoms with E-state index in [1.807, 2.05) is 58.0 Å². The van der Waals surface area contributed by atoms with Gasteiger partial charge in [0.2, 0.25) is 21.8 Å². The minimum absolute atomic E-state index is 0.202. The van der Waals surface area contributed by atoms with Gasteiger partial charge in [-0.2, -0.15) is 0 Å². The van der Waals surface area contributed by atoms with E-state index in [-0.39, 0.29) is 19.0 Å². The number of unbranched alkanes of at least 4 members (excludes halogenated alkanes) is 1. The number of amides is 2. The molecule has 1 N–H and O–H groups in total. The van der Waals surface area contributed by atoms with Gasteiger partial charge in [0.05, 0.1) is 11.9 Å². The molecule has 0 aromatic heterocycles. The zero-order valence-corrected chi connectivity index (χ0v) is 21.9. The van der Waals surface area contributed by atoms with E-state index < -0.39 is 22.0 Å². The standard InChI is InChI=1S/C26H37N3O4S/c1-7-8-12-27-26(31)22(5)28(17-23-11-9-10-19(2)14-23)25(30)18-29(34(6,32)33)24-15-20(3)13-21(4)16-24/h9-11,13-16,22H,7-8,12,17-18H2,1-6H3,(H,27,31)/t22-/m0/s1. The molecule has 0 aliphatic carbocycles. The second-order valence-corrected chi connectivity index (χ2v) is 10.9. The summed E-state index contributed by atoms with van der Waals surface area (Å²) < 4.78 is 26.5. The largest absolute Gasteiger partial charge is 0.354 e. The molecule has 2 aromatic rings. The van der Waals surface area contributed by atoms with E-state index in [1.165, 1.54) is 4.90 Å². The molecule has 2 rings (SSSR count). The molecule has 186 valence electrons. The highest BCUT2D eigenvalue weighted by Crippen LogP contribution is 2.22. The van der Waals surface area contributed by atoms with Crippen LogP contribution >= 0.6 is 0 Å². The van der Waals surface area contributed by atoms with Gasteiger partial charge in [0.15, 0.2) is 0 Å². The van der Waals surface area contributed by atoms with E-state index in [0.29, 0.717) is 12.2 Å². The Morgan fingerprint density at radius 2 is 1.65 bits per heavy atom. The number of hydrogen-bond donors (Lipinski definition) is 1. The van der Waals surface area contributed by atoms with Crippen LogP contribution in [0.15, 0.2) is 42.5 Å². The first-order chi connectivity index (χ1) is 15.9. The van der Waals surface area contributed by atoms with Crippen LogP contribution in [0.5, 0.6) is 0 Å². The van der Waals surface area contributed by atoms with Gasteiger partial charge in [0.1, 0.15) is 12.6 Å². The van der Waals surface area contributed by atoms with Crippen molar-refractivity contribution in [1.82, 2.24) is 10.2 Å². The SMILES string of the molecule is CCCCNC(=O)[C@H](C)N(Cc1cccc(C)c1)C(=O)CN(c1cc(C)cc(C)c1)S(C)(=O)=O. The second-order valence-electron chi connectivity index (χ2n) is 8.95. The number of rotatable bonds is 11. The Morgan fingerprint density at radius 1 is 1.00 bits per heavy atom. The molecule has 7 nitrogen and oxygen atoms in total. The van der Waals surface area contributed by atoms with Gasteiger partial charge in [-0.15, -0.1) is 0 Å². The van der Waals surface area contributed by atoms with Crippen molar-refractivity contribution in [1.29, 1.82) is 0 Å². The van der Waals surface area contributed by atoms with Crippen molar-refractivity contribution in [2.45, 2.75) is 60.0 Å². The maximum atomic E-state index is 13.5. The van der Waals surface area contributed by atoms with Crippen LogP contribution in [0.25, 0.3) is 0 Å². The zero-order valence-electron chi connectivity index (χ0n) is 21.1. The van der Waals surface area contributed by atoms with Crippen LogP contribution in [0.2, 0.25) is 0 Å². The van der Waals surface area contributed by atoms with E-state index in [0.717, 1.165) is 45.7 Å². The molecule has 0 heterocycles.